The molecule has 0 aliphatic carbocycles. The quantitative estimate of drug-likeness (QED) is 0.415. The van der Waals surface area contributed by atoms with Crippen molar-refractivity contribution >= 4 is 11.4 Å². The van der Waals surface area contributed by atoms with Gasteiger partial charge >= 0.3 is 0 Å². The van der Waals surface area contributed by atoms with Gasteiger partial charge < -0.3 is 5.73 Å². The molecule has 0 saturated carbocycles. The third-order valence-corrected chi connectivity index (χ3v) is 1.19. The zero-order valence-corrected chi connectivity index (χ0v) is 7.45. The number of anilines is 1. The molecule has 0 fully saturated rings. The van der Waals surface area contributed by atoms with Crippen molar-refractivity contribution in [3.63, 3.8) is 0 Å². The van der Waals surface area contributed by atoms with E-state index in [1.807, 2.05) is 13.8 Å². The van der Waals surface area contributed by atoms with Crippen LogP contribution in [0.2, 0.25) is 0 Å². The molecule has 4 nitrogen and oxygen atoms in total. The maximum atomic E-state index is 12.4. The SMILES string of the molecule is CC.Nc1cc([N+](=O)[O-])ccc1F. The number of nitro groups is 1. The summed E-state index contributed by atoms with van der Waals surface area (Å²) in [6, 6.07) is 3.01. The summed E-state index contributed by atoms with van der Waals surface area (Å²) in [7, 11) is 0. The average molecular weight is 186 g/mol. The Kier molecular flexibility index (Phi) is 4.43. The predicted octanol–water partition coefficient (Wildman–Crippen LogP) is 2.34. The van der Waals surface area contributed by atoms with Gasteiger partial charge in [-0.2, -0.15) is 0 Å². The molecular formula is C8H11FN2O2. The topological polar surface area (TPSA) is 69.2 Å². The third-order valence-electron chi connectivity index (χ3n) is 1.19. The van der Waals surface area contributed by atoms with Gasteiger partial charge in [-0.3, -0.25) is 10.1 Å². The van der Waals surface area contributed by atoms with E-state index in [-0.39, 0.29) is 11.4 Å². The monoisotopic (exact) mass is 186 g/mol. The first kappa shape index (κ1) is 11.4. The smallest absolute Gasteiger partial charge is 0.271 e. The molecule has 1 rings (SSSR count). The molecular weight excluding hydrogens is 175 g/mol. The summed E-state index contributed by atoms with van der Waals surface area (Å²) in [6.07, 6.45) is 0. The molecule has 0 aliphatic heterocycles. The average Bonchev–Trinajstić information content (AvgIpc) is 2.13. The van der Waals surface area contributed by atoms with Crippen molar-refractivity contribution in [2.45, 2.75) is 13.8 Å². The fourth-order valence-corrected chi connectivity index (χ4v) is 0.645. The van der Waals surface area contributed by atoms with Gasteiger partial charge in [-0.15, -0.1) is 0 Å². The Bertz CT molecular complexity index is 302. The number of nitrogens with zero attached hydrogens (tertiary/aromatic N) is 1. The zero-order valence-electron chi connectivity index (χ0n) is 7.45. The lowest BCUT2D eigenvalue weighted by Crippen LogP contribution is -1.93. The highest BCUT2D eigenvalue weighted by Gasteiger charge is 2.07. The van der Waals surface area contributed by atoms with E-state index in [1.54, 1.807) is 0 Å². The van der Waals surface area contributed by atoms with E-state index in [9.17, 15) is 14.5 Å². The highest BCUT2D eigenvalue weighted by Crippen LogP contribution is 2.17. The fraction of sp³-hybridized carbons (Fsp3) is 0.250. The van der Waals surface area contributed by atoms with E-state index in [0.717, 1.165) is 18.2 Å². The van der Waals surface area contributed by atoms with Gasteiger partial charge in [-0.25, -0.2) is 4.39 Å². The summed E-state index contributed by atoms with van der Waals surface area (Å²) < 4.78 is 12.4. The van der Waals surface area contributed by atoms with Crippen LogP contribution in [-0.4, -0.2) is 4.92 Å². The number of hydrogen-bond acceptors (Lipinski definition) is 3. The first-order valence-corrected chi connectivity index (χ1v) is 3.80. The molecule has 0 heterocycles. The summed E-state index contributed by atoms with van der Waals surface area (Å²) in [5.74, 6) is -0.643. The van der Waals surface area contributed by atoms with E-state index in [4.69, 9.17) is 5.73 Å². The van der Waals surface area contributed by atoms with Crippen molar-refractivity contribution in [3.05, 3.63) is 34.1 Å². The van der Waals surface area contributed by atoms with E-state index in [0.29, 0.717) is 0 Å². The van der Waals surface area contributed by atoms with Gasteiger partial charge in [0.15, 0.2) is 0 Å². The minimum atomic E-state index is -0.643. The molecule has 0 saturated heterocycles. The molecule has 2 N–H and O–H groups in total. The van der Waals surface area contributed by atoms with Crippen LogP contribution in [-0.2, 0) is 0 Å². The van der Waals surface area contributed by atoms with Crippen molar-refractivity contribution in [2.24, 2.45) is 0 Å². The number of rotatable bonds is 1. The maximum Gasteiger partial charge on any atom is 0.271 e. The first-order chi connectivity index (χ1) is 6.11. The number of hydrogen-bond donors (Lipinski definition) is 1. The van der Waals surface area contributed by atoms with E-state index in [2.05, 4.69) is 0 Å². The molecule has 0 bridgehead atoms. The lowest BCUT2D eigenvalue weighted by molar-refractivity contribution is -0.384. The van der Waals surface area contributed by atoms with Gasteiger partial charge in [0, 0.05) is 12.1 Å². The second-order valence-corrected chi connectivity index (χ2v) is 1.96. The van der Waals surface area contributed by atoms with Crippen LogP contribution in [0.3, 0.4) is 0 Å². The molecule has 13 heavy (non-hydrogen) atoms. The second-order valence-electron chi connectivity index (χ2n) is 1.96. The molecule has 0 unspecified atom stereocenters. The van der Waals surface area contributed by atoms with Crippen LogP contribution in [0.15, 0.2) is 18.2 Å². The Labute approximate surface area is 75.3 Å². The number of nitrogens with two attached hydrogens (primary N) is 1. The maximum absolute atomic E-state index is 12.4. The number of benzene rings is 1. The molecule has 0 aliphatic rings. The van der Waals surface area contributed by atoms with Crippen LogP contribution in [0.25, 0.3) is 0 Å². The molecule has 1 aromatic rings. The molecule has 0 aromatic heterocycles. The van der Waals surface area contributed by atoms with Gasteiger partial charge in [-0.1, -0.05) is 13.8 Å². The highest BCUT2D eigenvalue weighted by molar-refractivity contribution is 5.48. The largest absolute Gasteiger partial charge is 0.396 e. The summed E-state index contributed by atoms with van der Waals surface area (Å²) in [5, 5.41) is 10.1. The molecule has 72 valence electrons. The lowest BCUT2D eigenvalue weighted by atomic mass is 10.3. The molecule has 0 atom stereocenters. The van der Waals surface area contributed by atoms with Crippen molar-refractivity contribution < 1.29 is 9.31 Å². The molecule has 1 aromatic carbocycles. The normalized spacial score (nSPS) is 8.54. The summed E-state index contributed by atoms with van der Waals surface area (Å²) in [6.45, 7) is 4.00. The number of nitrogen functional groups attached to an aromatic ring is 1. The molecule has 0 spiro atoms. The van der Waals surface area contributed by atoms with Crippen LogP contribution < -0.4 is 5.73 Å². The van der Waals surface area contributed by atoms with E-state index in [1.165, 1.54) is 0 Å². The summed E-state index contributed by atoms with van der Waals surface area (Å²) in [5.41, 5.74) is 4.67. The zero-order chi connectivity index (χ0) is 10.4. The van der Waals surface area contributed by atoms with Crippen molar-refractivity contribution in [2.75, 3.05) is 5.73 Å². The Morgan fingerprint density at radius 2 is 2.00 bits per heavy atom. The Balaban J connectivity index is 0.000000671. The van der Waals surface area contributed by atoms with E-state index < -0.39 is 10.7 Å². The minimum absolute atomic E-state index is 0.205. The first-order valence-electron chi connectivity index (χ1n) is 3.80. The number of non-ortho nitro benzene ring substituents is 1. The second kappa shape index (κ2) is 5.08. The Morgan fingerprint density at radius 3 is 2.38 bits per heavy atom. The predicted molar refractivity (Wildman–Crippen MR) is 48.8 cm³/mol. The molecule has 5 heteroatoms. The van der Waals surface area contributed by atoms with Crippen molar-refractivity contribution in [1.82, 2.24) is 0 Å². The van der Waals surface area contributed by atoms with Gasteiger partial charge in [0.1, 0.15) is 5.82 Å². The van der Waals surface area contributed by atoms with Gasteiger partial charge in [0.2, 0.25) is 0 Å². The third kappa shape index (κ3) is 3.06. The molecule has 0 amide bonds. The van der Waals surface area contributed by atoms with Crippen molar-refractivity contribution in [3.8, 4) is 0 Å². The molecule has 0 radical (unpaired) electrons. The lowest BCUT2D eigenvalue weighted by Gasteiger charge is -1.94. The summed E-state index contributed by atoms with van der Waals surface area (Å²) in [4.78, 5) is 9.46. The van der Waals surface area contributed by atoms with Gasteiger partial charge in [-0.05, 0) is 6.07 Å². The highest BCUT2D eigenvalue weighted by atomic mass is 19.1. The van der Waals surface area contributed by atoms with Crippen LogP contribution in [0.5, 0.6) is 0 Å². The van der Waals surface area contributed by atoms with Crippen LogP contribution >= 0.6 is 0 Å². The van der Waals surface area contributed by atoms with Gasteiger partial charge in [0.05, 0.1) is 10.6 Å². The van der Waals surface area contributed by atoms with Crippen LogP contribution in [0.4, 0.5) is 15.8 Å². The van der Waals surface area contributed by atoms with Crippen molar-refractivity contribution in [1.29, 1.82) is 0 Å². The fourth-order valence-electron chi connectivity index (χ4n) is 0.645. The van der Waals surface area contributed by atoms with Crippen LogP contribution in [0, 0.1) is 15.9 Å². The Hall–Kier alpha value is -1.65. The standard InChI is InChI=1S/C6H5FN2O2.C2H6/c7-5-2-1-4(9(10)11)3-6(5)8;1-2/h1-3H,8H2;1-2H3. The minimum Gasteiger partial charge on any atom is -0.396 e. The number of nitro benzene ring substituents is 1. The number of halogens is 1. The van der Waals surface area contributed by atoms with Crippen LogP contribution in [0.1, 0.15) is 13.8 Å². The van der Waals surface area contributed by atoms with Gasteiger partial charge in [0.25, 0.3) is 5.69 Å². The summed E-state index contributed by atoms with van der Waals surface area (Å²) >= 11 is 0. The Morgan fingerprint density at radius 1 is 1.46 bits per heavy atom. The van der Waals surface area contributed by atoms with E-state index >= 15 is 0 Å².